The lowest BCUT2D eigenvalue weighted by molar-refractivity contribution is 0.121. The van der Waals surface area contributed by atoms with Crippen molar-refractivity contribution < 1.29 is 9.13 Å². The smallest absolute Gasteiger partial charge is 0.141 e. The molecule has 17 heavy (non-hydrogen) atoms. The molecule has 3 heteroatoms. The summed E-state index contributed by atoms with van der Waals surface area (Å²) in [6, 6.07) is 4.98. The number of halogens is 2. The second-order valence-electron chi connectivity index (χ2n) is 4.76. The third-order valence-electron chi connectivity index (χ3n) is 3.51. The van der Waals surface area contributed by atoms with Gasteiger partial charge in [-0.05, 0) is 53.2 Å². The molecule has 1 nitrogen and oxygen atoms in total. The molecule has 1 aliphatic rings. The van der Waals surface area contributed by atoms with Crippen LogP contribution in [0, 0.1) is 11.7 Å². The average molecular weight is 301 g/mol. The van der Waals surface area contributed by atoms with Gasteiger partial charge in [0.25, 0.3) is 0 Å². The van der Waals surface area contributed by atoms with Crippen LogP contribution in [-0.2, 0) is 0 Å². The Balaban J connectivity index is 1.97. The summed E-state index contributed by atoms with van der Waals surface area (Å²) in [5, 5.41) is 0. The summed E-state index contributed by atoms with van der Waals surface area (Å²) in [6.45, 7) is 2.23. The molecule has 0 bridgehead atoms. The third kappa shape index (κ3) is 3.44. The van der Waals surface area contributed by atoms with Crippen LogP contribution >= 0.6 is 15.9 Å². The van der Waals surface area contributed by atoms with Gasteiger partial charge in [0.15, 0.2) is 0 Å². The maximum atomic E-state index is 13.3. The lowest BCUT2D eigenvalue weighted by Crippen LogP contribution is -2.25. The summed E-state index contributed by atoms with van der Waals surface area (Å²) in [6.07, 6.45) is 6.21. The number of hydrogen-bond donors (Lipinski definition) is 0. The van der Waals surface area contributed by atoms with Gasteiger partial charge in [0.1, 0.15) is 11.6 Å². The van der Waals surface area contributed by atoms with Gasteiger partial charge in [0, 0.05) is 6.07 Å². The fourth-order valence-electron chi connectivity index (χ4n) is 2.46. The topological polar surface area (TPSA) is 9.23 Å². The Hall–Kier alpha value is -0.570. The molecule has 94 valence electrons. The van der Waals surface area contributed by atoms with E-state index >= 15 is 0 Å². The summed E-state index contributed by atoms with van der Waals surface area (Å²) in [7, 11) is 0. The van der Waals surface area contributed by atoms with Crippen molar-refractivity contribution in [1.82, 2.24) is 0 Å². The van der Waals surface area contributed by atoms with Crippen molar-refractivity contribution in [3.8, 4) is 5.75 Å². The number of benzene rings is 1. The third-order valence-corrected chi connectivity index (χ3v) is 4.15. The Morgan fingerprint density at radius 3 is 2.94 bits per heavy atom. The lowest BCUT2D eigenvalue weighted by Gasteiger charge is -2.29. The molecule has 0 saturated heterocycles. The van der Waals surface area contributed by atoms with Crippen LogP contribution in [0.1, 0.15) is 39.0 Å². The first kappa shape index (κ1) is 12.9. The molecule has 2 unspecified atom stereocenters. The Bertz CT molecular complexity index is 380. The van der Waals surface area contributed by atoms with E-state index in [0.29, 0.717) is 10.2 Å². The normalized spacial score (nSPS) is 24.6. The Labute approximate surface area is 110 Å². The molecule has 0 spiro atoms. The molecule has 0 radical (unpaired) electrons. The van der Waals surface area contributed by atoms with E-state index in [9.17, 15) is 4.39 Å². The Morgan fingerprint density at radius 1 is 1.41 bits per heavy atom. The minimum Gasteiger partial charge on any atom is -0.490 e. The monoisotopic (exact) mass is 300 g/mol. The SMILES string of the molecule is CCC1CCCC(Oc2ccc(Br)c(F)c2)C1. The van der Waals surface area contributed by atoms with Gasteiger partial charge < -0.3 is 4.74 Å². The molecule has 1 aromatic rings. The molecule has 1 aliphatic carbocycles. The van der Waals surface area contributed by atoms with E-state index in [1.54, 1.807) is 6.07 Å². The second kappa shape index (κ2) is 5.85. The van der Waals surface area contributed by atoms with Gasteiger partial charge in [-0.3, -0.25) is 0 Å². The molecule has 0 amide bonds. The zero-order chi connectivity index (χ0) is 12.3. The van der Waals surface area contributed by atoms with Gasteiger partial charge in [-0.25, -0.2) is 4.39 Å². The first-order valence-corrected chi connectivity index (χ1v) is 7.10. The largest absolute Gasteiger partial charge is 0.490 e. The fraction of sp³-hybridized carbons (Fsp3) is 0.571. The Morgan fingerprint density at radius 2 is 2.24 bits per heavy atom. The minimum absolute atomic E-state index is 0.259. The van der Waals surface area contributed by atoms with Crippen molar-refractivity contribution >= 4 is 15.9 Å². The summed E-state index contributed by atoms with van der Waals surface area (Å²) >= 11 is 3.14. The van der Waals surface area contributed by atoms with Crippen LogP contribution in [0.3, 0.4) is 0 Å². The number of hydrogen-bond acceptors (Lipinski definition) is 1. The molecule has 0 N–H and O–H groups in total. The first-order chi connectivity index (χ1) is 8.19. The molecule has 1 aromatic carbocycles. The number of ether oxygens (including phenoxy) is 1. The standard InChI is InChI=1S/C14H18BrFO/c1-2-10-4-3-5-11(8-10)17-12-6-7-13(15)14(16)9-12/h6-7,9-11H,2-5,8H2,1H3. The highest BCUT2D eigenvalue weighted by atomic mass is 79.9. The van der Waals surface area contributed by atoms with Gasteiger partial charge in [-0.1, -0.05) is 19.8 Å². The summed E-state index contributed by atoms with van der Waals surface area (Å²) in [4.78, 5) is 0. The van der Waals surface area contributed by atoms with Gasteiger partial charge in [-0.15, -0.1) is 0 Å². The highest BCUT2D eigenvalue weighted by Gasteiger charge is 2.22. The zero-order valence-corrected chi connectivity index (χ0v) is 11.7. The van der Waals surface area contributed by atoms with Crippen LogP contribution in [0.25, 0.3) is 0 Å². The molecule has 0 aliphatic heterocycles. The van der Waals surface area contributed by atoms with Crippen LogP contribution in [0.5, 0.6) is 5.75 Å². The predicted octanol–water partition coefficient (Wildman–Crippen LogP) is 4.94. The van der Waals surface area contributed by atoms with E-state index in [4.69, 9.17) is 4.74 Å². The Kier molecular flexibility index (Phi) is 4.43. The van der Waals surface area contributed by atoms with E-state index in [-0.39, 0.29) is 11.9 Å². The summed E-state index contributed by atoms with van der Waals surface area (Å²) < 4.78 is 19.7. The van der Waals surface area contributed by atoms with Crippen molar-refractivity contribution in [2.75, 3.05) is 0 Å². The van der Waals surface area contributed by atoms with Gasteiger partial charge in [0.2, 0.25) is 0 Å². The van der Waals surface area contributed by atoms with E-state index in [1.165, 1.54) is 25.3 Å². The predicted molar refractivity (Wildman–Crippen MR) is 70.8 cm³/mol. The maximum Gasteiger partial charge on any atom is 0.141 e. The highest BCUT2D eigenvalue weighted by molar-refractivity contribution is 9.10. The van der Waals surface area contributed by atoms with Gasteiger partial charge >= 0.3 is 0 Å². The molecule has 0 heterocycles. The van der Waals surface area contributed by atoms with E-state index < -0.39 is 0 Å². The van der Waals surface area contributed by atoms with Crippen molar-refractivity contribution in [3.63, 3.8) is 0 Å². The second-order valence-corrected chi connectivity index (χ2v) is 5.61. The van der Waals surface area contributed by atoms with Gasteiger partial charge in [0.05, 0.1) is 10.6 Å². The van der Waals surface area contributed by atoms with Crippen LogP contribution in [0.4, 0.5) is 4.39 Å². The quantitative estimate of drug-likeness (QED) is 0.768. The van der Waals surface area contributed by atoms with Crippen LogP contribution in [-0.4, -0.2) is 6.10 Å². The number of rotatable bonds is 3. The molecular weight excluding hydrogens is 283 g/mol. The summed E-state index contributed by atoms with van der Waals surface area (Å²) in [5.74, 6) is 1.16. The highest BCUT2D eigenvalue weighted by Crippen LogP contribution is 2.30. The molecule has 1 saturated carbocycles. The van der Waals surface area contributed by atoms with Crippen LogP contribution in [0.2, 0.25) is 0 Å². The minimum atomic E-state index is -0.259. The average Bonchev–Trinajstić information content (AvgIpc) is 2.34. The maximum absolute atomic E-state index is 13.3. The molecule has 0 aromatic heterocycles. The fourth-order valence-corrected chi connectivity index (χ4v) is 2.71. The summed E-state index contributed by atoms with van der Waals surface area (Å²) in [5.41, 5.74) is 0. The molecule has 2 rings (SSSR count). The van der Waals surface area contributed by atoms with E-state index in [0.717, 1.165) is 18.8 Å². The van der Waals surface area contributed by atoms with Crippen molar-refractivity contribution in [2.24, 2.45) is 5.92 Å². The first-order valence-electron chi connectivity index (χ1n) is 6.30. The van der Waals surface area contributed by atoms with Crippen molar-refractivity contribution in [2.45, 2.75) is 45.1 Å². The van der Waals surface area contributed by atoms with Crippen LogP contribution < -0.4 is 4.74 Å². The van der Waals surface area contributed by atoms with E-state index in [2.05, 4.69) is 22.9 Å². The van der Waals surface area contributed by atoms with Crippen LogP contribution in [0.15, 0.2) is 22.7 Å². The zero-order valence-electron chi connectivity index (χ0n) is 10.1. The van der Waals surface area contributed by atoms with Gasteiger partial charge in [-0.2, -0.15) is 0 Å². The molecular formula is C14H18BrFO. The van der Waals surface area contributed by atoms with E-state index in [1.807, 2.05) is 6.07 Å². The lowest BCUT2D eigenvalue weighted by atomic mass is 9.85. The van der Waals surface area contributed by atoms with Crippen molar-refractivity contribution in [3.05, 3.63) is 28.5 Å². The van der Waals surface area contributed by atoms with Crippen molar-refractivity contribution in [1.29, 1.82) is 0 Å². The molecule has 1 fully saturated rings. The molecule has 2 atom stereocenters.